The first-order valence-electron chi connectivity index (χ1n) is 9.83. The highest BCUT2D eigenvalue weighted by Crippen LogP contribution is 2.25. The van der Waals surface area contributed by atoms with Gasteiger partial charge < -0.3 is 9.80 Å². The number of benzene rings is 1. The van der Waals surface area contributed by atoms with E-state index in [4.69, 9.17) is 0 Å². The van der Waals surface area contributed by atoms with E-state index in [1.165, 1.54) is 16.2 Å². The van der Waals surface area contributed by atoms with E-state index in [-0.39, 0.29) is 17.8 Å². The van der Waals surface area contributed by atoms with Gasteiger partial charge in [-0.05, 0) is 37.4 Å². The Kier molecular flexibility index (Phi) is 5.38. The molecule has 3 heterocycles. The maximum Gasteiger partial charge on any atom is 0.336 e. The van der Waals surface area contributed by atoms with Crippen LogP contribution in [0.25, 0.3) is 0 Å². The van der Waals surface area contributed by atoms with Crippen LogP contribution in [0.3, 0.4) is 0 Å². The zero-order valence-electron chi connectivity index (χ0n) is 16.6. The number of carbonyl (C=O) groups is 3. The fourth-order valence-corrected chi connectivity index (χ4v) is 4.57. The number of imide groups is 1. The van der Waals surface area contributed by atoms with Crippen molar-refractivity contribution >= 4 is 34.9 Å². The van der Waals surface area contributed by atoms with Crippen LogP contribution in [0.4, 0.5) is 10.5 Å². The summed E-state index contributed by atoms with van der Waals surface area (Å²) in [4.78, 5) is 44.9. The van der Waals surface area contributed by atoms with Crippen molar-refractivity contribution in [1.82, 2.24) is 9.80 Å². The number of carbonyl (C=O) groups excluding carboxylic acids is 3. The molecule has 8 heteroatoms. The maximum absolute atomic E-state index is 13.0. The fraction of sp³-hybridized carbons (Fsp3) is 0.381. The monoisotopic (exact) mass is 413 g/mol. The molecule has 7 nitrogen and oxygen atoms in total. The number of aryl methyl sites for hydroxylation is 1. The molecule has 2 aromatic rings. The molecule has 0 radical (unpaired) electrons. The molecular weight excluding hydrogens is 388 g/mol. The van der Waals surface area contributed by atoms with Crippen LogP contribution in [-0.4, -0.2) is 66.5 Å². The van der Waals surface area contributed by atoms with E-state index in [1.807, 2.05) is 53.6 Å². The van der Waals surface area contributed by atoms with Gasteiger partial charge in [-0.15, -0.1) is 11.3 Å². The van der Waals surface area contributed by atoms with Crippen molar-refractivity contribution in [2.75, 3.05) is 37.7 Å². The van der Waals surface area contributed by atoms with E-state index in [2.05, 4.69) is 0 Å². The second-order valence-corrected chi connectivity index (χ2v) is 8.56. The molecule has 4 rings (SSSR count). The SMILES string of the molecule is Cc1ccc(N2C(=O)N(C[NH+]3CCN(C(=O)c4cccs4)CC3)C(=O)[C@H]2C)cc1. The molecule has 29 heavy (non-hydrogen) atoms. The fourth-order valence-electron chi connectivity index (χ4n) is 3.87. The molecule has 0 spiro atoms. The first kappa shape index (κ1) is 19.6. The second kappa shape index (κ2) is 7.96. The molecule has 0 saturated carbocycles. The van der Waals surface area contributed by atoms with E-state index in [1.54, 1.807) is 11.8 Å². The third kappa shape index (κ3) is 3.77. The molecule has 2 aliphatic rings. The Morgan fingerprint density at radius 3 is 2.45 bits per heavy atom. The summed E-state index contributed by atoms with van der Waals surface area (Å²) >= 11 is 1.45. The van der Waals surface area contributed by atoms with Crippen molar-refractivity contribution in [1.29, 1.82) is 0 Å². The van der Waals surface area contributed by atoms with Crippen LogP contribution in [-0.2, 0) is 4.79 Å². The van der Waals surface area contributed by atoms with Crippen LogP contribution in [0.2, 0.25) is 0 Å². The topological polar surface area (TPSA) is 65.4 Å². The van der Waals surface area contributed by atoms with Crippen LogP contribution in [0.1, 0.15) is 22.2 Å². The summed E-state index contributed by atoms with van der Waals surface area (Å²) in [5, 5.41) is 1.90. The number of quaternary nitrogens is 1. The van der Waals surface area contributed by atoms with E-state index < -0.39 is 6.04 Å². The molecule has 2 aliphatic heterocycles. The minimum atomic E-state index is -0.508. The molecular formula is C21H25N4O3S+. The highest BCUT2D eigenvalue weighted by molar-refractivity contribution is 7.12. The third-order valence-corrected chi connectivity index (χ3v) is 6.49. The van der Waals surface area contributed by atoms with Crippen molar-refractivity contribution in [2.24, 2.45) is 0 Å². The molecule has 0 bridgehead atoms. The molecule has 1 N–H and O–H groups in total. The van der Waals surface area contributed by atoms with Gasteiger partial charge in [-0.1, -0.05) is 23.8 Å². The standard InChI is InChI=1S/C21H24N4O3S/c1-15-5-7-17(8-6-15)25-16(2)19(26)24(21(25)28)14-22-9-11-23(12-10-22)20(27)18-4-3-13-29-18/h3-8,13,16H,9-12,14H2,1-2H3/p+1/t16-/m1/s1. The minimum absolute atomic E-state index is 0.0616. The zero-order valence-corrected chi connectivity index (χ0v) is 17.4. The van der Waals surface area contributed by atoms with E-state index in [9.17, 15) is 14.4 Å². The van der Waals surface area contributed by atoms with Crippen LogP contribution in [0, 0.1) is 6.92 Å². The molecule has 1 aromatic heterocycles. The number of rotatable bonds is 4. The Hall–Kier alpha value is -2.71. The molecule has 152 valence electrons. The zero-order chi connectivity index (χ0) is 20.5. The van der Waals surface area contributed by atoms with Crippen LogP contribution >= 0.6 is 11.3 Å². The number of thiophene rings is 1. The first-order valence-corrected chi connectivity index (χ1v) is 10.7. The normalized spacial score (nSPS) is 20.6. The summed E-state index contributed by atoms with van der Waals surface area (Å²) in [6, 6.07) is 10.6. The van der Waals surface area contributed by atoms with Crippen molar-refractivity contribution in [3.05, 3.63) is 52.2 Å². The van der Waals surface area contributed by atoms with Gasteiger partial charge >= 0.3 is 6.03 Å². The van der Waals surface area contributed by atoms with E-state index >= 15 is 0 Å². The van der Waals surface area contributed by atoms with Crippen LogP contribution < -0.4 is 9.80 Å². The summed E-state index contributed by atoms with van der Waals surface area (Å²) in [6.07, 6.45) is 0. The van der Waals surface area contributed by atoms with Crippen LogP contribution in [0.5, 0.6) is 0 Å². The van der Waals surface area contributed by atoms with Gasteiger partial charge in [-0.25, -0.2) is 9.69 Å². The average molecular weight is 414 g/mol. The lowest BCUT2D eigenvalue weighted by molar-refractivity contribution is -0.911. The third-order valence-electron chi connectivity index (χ3n) is 5.63. The number of nitrogens with one attached hydrogen (secondary N) is 1. The smallest absolute Gasteiger partial charge is 0.327 e. The van der Waals surface area contributed by atoms with E-state index in [0.29, 0.717) is 32.8 Å². The van der Waals surface area contributed by atoms with Gasteiger partial charge in [0.25, 0.3) is 11.8 Å². The number of nitrogens with zero attached hydrogens (tertiary/aromatic N) is 3. The lowest BCUT2D eigenvalue weighted by Crippen LogP contribution is -3.16. The molecule has 2 saturated heterocycles. The molecule has 4 amide bonds. The summed E-state index contributed by atoms with van der Waals surface area (Å²) in [5.74, 6) is -0.105. The number of piperazine rings is 1. The number of anilines is 1. The Morgan fingerprint density at radius 1 is 1.14 bits per heavy atom. The van der Waals surface area contributed by atoms with Gasteiger partial charge in [0.1, 0.15) is 6.04 Å². The molecule has 0 aliphatic carbocycles. The Morgan fingerprint density at radius 2 is 1.83 bits per heavy atom. The van der Waals surface area contributed by atoms with Gasteiger partial charge in [-0.2, -0.15) is 0 Å². The predicted molar refractivity (Wildman–Crippen MR) is 111 cm³/mol. The maximum atomic E-state index is 13.0. The Balaban J connectivity index is 1.38. The van der Waals surface area contributed by atoms with Gasteiger partial charge in [0.2, 0.25) is 0 Å². The molecule has 0 unspecified atom stereocenters. The quantitative estimate of drug-likeness (QED) is 0.767. The van der Waals surface area contributed by atoms with Gasteiger partial charge in [0.15, 0.2) is 6.67 Å². The van der Waals surface area contributed by atoms with Crippen molar-refractivity contribution in [2.45, 2.75) is 19.9 Å². The van der Waals surface area contributed by atoms with Gasteiger partial charge in [0, 0.05) is 5.69 Å². The largest absolute Gasteiger partial charge is 0.336 e. The predicted octanol–water partition coefficient (Wildman–Crippen LogP) is 1.21. The van der Waals surface area contributed by atoms with Crippen LogP contribution in [0.15, 0.2) is 41.8 Å². The van der Waals surface area contributed by atoms with E-state index in [0.717, 1.165) is 21.0 Å². The number of urea groups is 1. The molecule has 1 atom stereocenters. The van der Waals surface area contributed by atoms with Gasteiger partial charge in [-0.3, -0.25) is 14.5 Å². The summed E-state index contributed by atoms with van der Waals surface area (Å²) in [7, 11) is 0. The molecule has 2 fully saturated rings. The lowest BCUT2D eigenvalue weighted by Gasteiger charge is -2.33. The highest BCUT2D eigenvalue weighted by Gasteiger charge is 2.45. The second-order valence-electron chi connectivity index (χ2n) is 7.61. The van der Waals surface area contributed by atoms with Crippen molar-refractivity contribution < 1.29 is 19.3 Å². The number of hydrogen-bond acceptors (Lipinski definition) is 4. The van der Waals surface area contributed by atoms with Crippen molar-refractivity contribution in [3.63, 3.8) is 0 Å². The lowest BCUT2D eigenvalue weighted by atomic mass is 10.2. The Labute approximate surface area is 174 Å². The number of amides is 4. The van der Waals surface area contributed by atoms with Gasteiger partial charge in [0.05, 0.1) is 31.1 Å². The summed E-state index contributed by atoms with van der Waals surface area (Å²) in [6.45, 7) is 6.78. The highest BCUT2D eigenvalue weighted by atomic mass is 32.1. The minimum Gasteiger partial charge on any atom is -0.327 e. The molecule has 1 aromatic carbocycles. The summed E-state index contributed by atoms with van der Waals surface area (Å²) in [5.41, 5.74) is 1.85. The van der Waals surface area contributed by atoms with Crippen molar-refractivity contribution in [3.8, 4) is 0 Å². The Bertz CT molecular complexity index is 905. The number of hydrogen-bond donors (Lipinski definition) is 1. The average Bonchev–Trinajstić information content (AvgIpc) is 3.33. The summed E-state index contributed by atoms with van der Waals surface area (Å²) < 4.78 is 0. The first-order chi connectivity index (χ1) is 14.0.